The topological polar surface area (TPSA) is 41.1 Å². The smallest absolute Gasteiger partial charge is 0.355 e. The van der Waals surface area contributed by atoms with Gasteiger partial charge < -0.3 is 10.6 Å². The highest BCUT2D eigenvalue weighted by atomic mass is 32.2. The standard InChI is InChI=1S/C11H17F3N2OS/c12-11(13,14)18-6-5-16-9(17)8-7-10(8)1-3-15-4-2-10/h8,15H,1-7H2,(H,16,17). The maximum absolute atomic E-state index is 11.9. The van der Waals surface area contributed by atoms with Gasteiger partial charge in [0.1, 0.15) is 0 Å². The summed E-state index contributed by atoms with van der Waals surface area (Å²) < 4.78 is 35.6. The summed E-state index contributed by atoms with van der Waals surface area (Å²) in [5, 5.41) is 5.86. The van der Waals surface area contributed by atoms with Gasteiger partial charge in [0.25, 0.3) is 0 Å². The molecule has 1 aliphatic heterocycles. The van der Waals surface area contributed by atoms with Gasteiger partial charge in [-0.1, -0.05) is 0 Å². The highest BCUT2D eigenvalue weighted by Gasteiger charge is 2.57. The fourth-order valence-electron chi connectivity index (χ4n) is 2.66. The number of amides is 1. The highest BCUT2D eigenvalue weighted by molar-refractivity contribution is 8.00. The second-order valence-corrected chi connectivity index (χ2v) is 6.11. The molecule has 1 aliphatic carbocycles. The Morgan fingerprint density at radius 1 is 1.39 bits per heavy atom. The lowest BCUT2D eigenvalue weighted by Gasteiger charge is -2.23. The summed E-state index contributed by atoms with van der Waals surface area (Å²) in [6.07, 6.45) is 2.90. The third kappa shape index (κ3) is 3.54. The molecule has 0 aromatic carbocycles. The molecule has 2 rings (SSSR count). The van der Waals surface area contributed by atoms with Gasteiger partial charge in [-0.25, -0.2) is 0 Å². The van der Waals surface area contributed by atoms with Crippen LogP contribution in [0.1, 0.15) is 19.3 Å². The molecule has 1 unspecified atom stereocenters. The van der Waals surface area contributed by atoms with Crippen molar-refractivity contribution in [2.45, 2.75) is 24.8 Å². The molecule has 104 valence electrons. The Balaban J connectivity index is 1.64. The SMILES string of the molecule is O=C(NCCSC(F)(F)F)C1CC12CCNCC2. The molecule has 1 amide bonds. The minimum Gasteiger partial charge on any atom is -0.355 e. The number of rotatable bonds is 4. The van der Waals surface area contributed by atoms with Crippen LogP contribution in [0.25, 0.3) is 0 Å². The van der Waals surface area contributed by atoms with Crippen LogP contribution >= 0.6 is 11.8 Å². The van der Waals surface area contributed by atoms with E-state index in [2.05, 4.69) is 10.6 Å². The van der Waals surface area contributed by atoms with Gasteiger partial charge in [-0.15, -0.1) is 0 Å². The normalized spacial score (nSPS) is 26.1. The lowest BCUT2D eigenvalue weighted by molar-refractivity contribution is -0.123. The molecular weight excluding hydrogens is 265 g/mol. The van der Waals surface area contributed by atoms with E-state index in [1.165, 1.54) is 0 Å². The summed E-state index contributed by atoms with van der Waals surface area (Å²) >= 11 is -0.0900. The van der Waals surface area contributed by atoms with Crippen molar-refractivity contribution in [2.75, 3.05) is 25.4 Å². The quantitative estimate of drug-likeness (QED) is 0.772. The van der Waals surface area contributed by atoms with Crippen LogP contribution in [0.5, 0.6) is 0 Å². The first-order chi connectivity index (χ1) is 8.43. The molecule has 0 aromatic rings. The molecule has 1 atom stereocenters. The van der Waals surface area contributed by atoms with Crippen LogP contribution in [0.15, 0.2) is 0 Å². The Hall–Kier alpha value is -0.430. The first kappa shape index (κ1) is 14.0. The third-order valence-electron chi connectivity index (χ3n) is 3.77. The van der Waals surface area contributed by atoms with E-state index in [-0.39, 0.29) is 41.3 Å². The molecular formula is C11H17F3N2OS. The van der Waals surface area contributed by atoms with Gasteiger partial charge in [0.15, 0.2) is 0 Å². The van der Waals surface area contributed by atoms with Gasteiger partial charge in [-0.05, 0) is 49.5 Å². The zero-order valence-electron chi connectivity index (χ0n) is 9.98. The molecule has 1 saturated carbocycles. The van der Waals surface area contributed by atoms with Crippen LogP contribution in [-0.2, 0) is 4.79 Å². The minimum absolute atomic E-state index is 0.0236. The van der Waals surface area contributed by atoms with Gasteiger partial charge in [-0.3, -0.25) is 4.79 Å². The van der Waals surface area contributed by atoms with Gasteiger partial charge in [0.2, 0.25) is 5.91 Å². The number of hydrogen-bond donors (Lipinski definition) is 2. The number of carbonyl (C=O) groups is 1. The van der Waals surface area contributed by atoms with Crippen molar-refractivity contribution in [1.82, 2.24) is 10.6 Å². The largest absolute Gasteiger partial charge is 0.441 e. The van der Waals surface area contributed by atoms with Crippen LogP contribution < -0.4 is 10.6 Å². The Labute approximate surface area is 108 Å². The van der Waals surface area contributed by atoms with Crippen molar-refractivity contribution in [1.29, 1.82) is 0 Å². The van der Waals surface area contributed by atoms with Gasteiger partial charge in [0.05, 0.1) is 0 Å². The highest BCUT2D eigenvalue weighted by Crippen LogP contribution is 2.58. The average molecular weight is 282 g/mol. The fourth-order valence-corrected chi connectivity index (χ4v) is 3.10. The lowest BCUT2D eigenvalue weighted by atomic mass is 9.92. The van der Waals surface area contributed by atoms with E-state index in [1.807, 2.05) is 0 Å². The van der Waals surface area contributed by atoms with E-state index < -0.39 is 5.51 Å². The van der Waals surface area contributed by atoms with E-state index in [9.17, 15) is 18.0 Å². The summed E-state index contributed by atoms with van der Waals surface area (Å²) in [7, 11) is 0. The Morgan fingerprint density at radius 2 is 2.06 bits per heavy atom. The minimum atomic E-state index is -4.21. The molecule has 2 fully saturated rings. The number of hydrogen-bond acceptors (Lipinski definition) is 3. The van der Waals surface area contributed by atoms with Gasteiger partial charge in [-0.2, -0.15) is 13.2 Å². The predicted molar refractivity (Wildman–Crippen MR) is 64.2 cm³/mol. The Kier molecular flexibility index (Phi) is 4.11. The van der Waals surface area contributed by atoms with Crippen LogP contribution in [0.4, 0.5) is 13.2 Å². The summed E-state index contributed by atoms with van der Waals surface area (Å²) in [5.41, 5.74) is -4.06. The molecule has 0 bridgehead atoms. The van der Waals surface area contributed by atoms with Crippen molar-refractivity contribution >= 4 is 17.7 Å². The summed E-state index contributed by atoms with van der Waals surface area (Å²) in [6, 6.07) is 0. The summed E-state index contributed by atoms with van der Waals surface area (Å²) in [6.45, 7) is 1.97. The Morgan fingerprint density at radius 3 is 2.67 bits per heavy atom. The first-order valence-electron chi connectivity index (χ1n) is 6.12. The second kappa shape index (κ2) is 5.28. The van der Waals surface area contributed by atoms with Crippen molar-refractivity contribution < 1.29 is 18.0 Å². The maximum atomic E-state index is 11.9. The first-order valence-corrected chi connectivity index (χ1v) is 7.11. The number of piperidine rings is 1. The number of thioether (sulfide) groups is 1. The molecule has 0 radical (unpaired) electrons. The van der Waals surface area contributed by atoms with Crippen LogP contribution in [-0.4, -0.2) is 36.8 Å². The zero-order valence-corrected chi connectivity index (χ0v) is 10.8. The predicted octanol–water partition coefficient (Wildman–Crippen LogP) is 1.75. The van der Waals surface area contributed by atoms with E-state index in [1.54, 1.807) is 0 Å². The lowest BCUT2D eigenvalue weighted by Crippen LogP contribution is -2.34. The molecule has 1 spiro atoms. The molecule has 2 N–H and O–H groups in total. The number of nitrogens with one attached hydrogen (secondary N) is 2. The van der Waals surface area contributed by atoms with Gasteiger partial charge >= 0.3 is 5.51 Å². The van der Waals surface area contributed by atoms with Crippen molar-refractivity contribution in [3.8, 4) is 0 Å². The fraction of sp³-hybridized carbons (Fsp3) is 0.909. The van der Waals surface area contributed by atoms with E-state index in [4.69, 9.17) is 0 Å². The third-order valence-corrected chi connectivity index (χ3v) is 4.51. The van der Waals surface area contributed by atoms with E-state index in [0.29, 0.717) is 0 Å². The number of carbonyl (C=O) groups excluding carboxylic acids is 1. The molecule has 1 saturated heterocycles. The monoisotopic (exact) mass is 282 g/mol. The van der Waals surface area contributed by atoms with Crippen molar-refractivity contribution in [2.24, 2.45) is 11.3 Å². The van der Waals surface area contributed by atoms with Crippen molar-refractivity contribution in [3.05, 3.63) is 0 Å². The second-order valence-electron chi connectivity index (χ2n) is 4.95. The number of halogens is 3. The average Bonchev–Trinajstić information content (AvgIpc) is 2.98. The molecule has 2 aliphatic rings. The molecule has 1 heterocycles. The maximum Gasteiger partial charge on any atom is 0.441 e. The van der Waals surface area contributed by atoms with Crippen molar-refractivity contribution in [3.63, 3.8) is 0 Å². The van der Waals surface area contributed by atoms with E-state index >= 15 is 0 Å². The van der Waals surface area contributed by atoms with Gasteiger partial charge in [0, 0.05) is 18.2 Å². The van der Waals surface area contributed by atoms with Crippen LogP contribution in [0.3, 0.4) is 0 Å². The number of alkyl halides is 3. The van der Waals surface area contributed by atoms with Crippen LogP contribution in [0.2, 0.25) is 0 Å². The molecule has 3 nitrogen and oxygen atoms in total. The van der Waals surface area contributed by atoms with E-state index in [0.717, 1.165) is 32.4 Å². The van der Waals surface area contributed by atoms with Crippen LogP contribution in [0, 0.1) is 11.3 Å². The Bertz CT molecular complexity index is 316. The zero-order chi connectivity index (χ0) is 13.2. The molecule has 7 heteroatoms. The molecule has 18 heavy (non-hydrogen) atoms. The molecule has 0 aromatic heterocycles. The summed E-state index contributed by atoms with van der Waals surface area (Å²) in [5.74, 6) is -0.161. The summed E-state index contributed by atoms with van der Waals surface area (Å²) in [4.78, 5) is 11.8.